The van der Waals surface area contributed by atoms with E-state index in [0.29, 0.717) is 35.7 Å². The molecule has 182 valence electrons. The maximum absolute atomic E-state index is 13.4. The van der Waals surface area contributed by atoms with E-state index in [1.165, 1.54) is 6.92 Å². The Hall–Kier alpha value is -3.39. The molecule has 2 aromatic carbocycles. The average molecular weight is 468 g/mol. The Morgan fingerprint density at radius 1 is 1.09 bits per heavy atom. The average Bonchev–Trinajstić information content (AvgIpc) is 2.83. The molecule has 0 spiro atoms. The van der Waals surface area contributed by atoms with Crippen LogP contribution in [0, 0.1) is 5.92 Å². The summed E-state index contributed by atoms with van der Waals surface area (Å²) in [6, 6.07) is 13.9. The van der Waals surface area contributed by atoms with Gasteiger partial charge in [0.15, 0.2) is 0 Å². The third-order valence-corrected chi connectivity index (χ3v) is 6.05. The van der Waals surface area contributed by atoms with Gasteiger partial charge in [-0.15, -0.1) is 0 Å². The number of ether oxygens (including phenoxy) is 2. The summed E-state index contributed by atoms with van der Waals surface area (Å²) in [6.45, 7) is 6.34. The fourth-order valence-electron chi connectivity index (χ4n) is 4.09. The van der Waals surface area contributed by atoms with E-state index in [2.05, 4.69) is 5.32 Å². The minimum Gasteiger partial charge on any atom is -0.491 e. The van der Waals surface area contributed by atoms with E-state index >= 15 is 0 Å². The maximum Gasteiger partial charge on any atom is 0.257 e. The Bertz CT molecular complexity index is 1030. The molecule has 8 nitrogen and oxygen atoms in total. The first-order chi connectivity index (χ1) is 16.2. The van der Waals surface area contributed by atoms with Gasteiger partial charge in [-0.2, -0.15) is 0 Å². The van der Waals surface area contributed by atoms with Gasteiger partial charge in [0.25, 0.3) is 11.8 Å². The monoisotopic (exact) mass is 467 g/mol. The number of nitrogens with zero attached hydrogens (tertiary/aromatic N) is 2. The molecule has 0 saturated heterocycles. The second kappa shape index (κ2) is 11.2. The molecule has 0 unspecified atom stereocenters. The van der Waals surface area contributed by atoms with Gasteiger partial charge in [0.2, 0.25) is 5.91 Å². The van der Waals surface area contributed by atoms with Crippen LogP contribution in [0.2, 0.25) is 0 Å². The van der Waals surface area contributed by atoms with Gasteiger partial charge in [-0.25, -0.2) is 0 Å². The molecule has 1 heterocycles. The molecule has 3 amide bonds. The fourth-order valence-corrected chi connectivity index (χ4v) is 4.09. The second-order valence-corrected chi connectivity index (χ2v) is 8.81. The molecular weight excluding hydrogens is 434 g/mol. The lowest BCUT2D eigenvalue weighted by Gasteiger charge is -2.36. The van der Waals surface area contributed by atoms with Gasteiger partial charge in [0.1, 0.15) is 12.4 Å². The Morgan fingerprint density at radius 3 is 2.44 bits per heavy atom. The first-order valence-corrected chi connectivity index (χ1v) is 11.4. The smallest absolute Gasteiger partial charge is 0.257 e. The highest BCUT2D eigenvalue weighted by Crippen LogP contribution is 2.27. The van der Waals surface area contributed by atoms with Crippen molar-refractivity contribution >= 4 is 23.4 Å². The standard InChI is InChI=1S/C26H33N3O5/c1-17-14-29(25(31)20-9-7-6-8-10-20)18(2)16-34-23-12-11-21(27-19(3)30)13-22(23)26(32)28(4)15-24(17)33-5/h6-13,17-18,24H,14-16H2,1-5H3,(H,27,30)/t17-,18-,24+/m1/s1. The summed E-state index contributed by atoms with van der Waals surface area (Å²) in [5.74, 6) is -0.192. The van der Waals surface area contributed by atoms with E-state index in [1.54, 1.807) is 54.3 Å². The predicted octanol–water partition coefficient (Wildman–Crippen LogP) is 3.29. The van der Waals surface area contributed by atoms with Crippen molar-refractivity contribution in [3.8, 4) is 5.75 Å². The van der Waals surface area contributed by atoms with Crippen molar-refractivity contribution in [2.24, 2.45) is 5.92 Å². The van der Waals surface area contributed by atoms with Crippen molar-refractivity contribution in [2.45, 2.75) is 32.9 Å². The van der Waals surface area contributed by atoms with Crippen LogP contribution in [-0.2, 0) is 9.53 Å². The molecular formula is C26H33N3O5. The number of nitrogens with one attached hydrogen (secondary N) is 1. The summed E-state index contributed by atoms with van der Waals surface area (Å²) in [6.07, 6.45) is -0.283. The SMILES string of the molecule is CO[C@H]1CN(C)C(=O)c2cc(NC(C)=O)ccc2OC[C@@H](C)N(C(=O)c2ccccc2)C[C@H]1C. The van der Waals surface area contributed by atoms with Gasteiger partial charge >= 0.3 is 0 Å². The molecule has 0 radical (unpaired) electrons. The molecule has 0 fully saturated rings. The molecule has 1 N–H and O–H groups in total. The van der Waals surface area contributed by atoms with Crippen LogP contribution in [0.3, 0.4) is 0 Å². The molecule has 3 rings (SSSR count). The second-order valence-electron chi connectivity index (χ2n) is 8.81. The molecule has 8 heteroatoms. The van der Waals surface area contributed by atoms with Crippen LogP contribution in [0.25, 0.3) is 0 Å². The number of fused-ring (bicyclic) bond motifs is 1. The lowest BCUT2D eigenvalue weighted by atomic mass is 10.0. The fraction of sp³-hybridized carbons (Fsp3) is 0.423. The van der Waals surface area contributed by atoms with Gasteiger partial charge in [0.05, 0.1) is 17.7 Å². The van der Waals surface area contributed by atoms with E-state index in [0.717, 1.165) is 0 Å². The minimum atomic E-state index is -0.283. The summed E-state index contributed by atoms with van der Waals surface area (Å²) in [4.78, 5) is 41.6. The summed E-state index contributed by atoms with van der Waals surface area (Å²) in [5, 5.41) is 2.71. The van der Waals surface area contributed by atoms with Crippen molar-refractivity contribution in [3.05, 3.63) is 59.7 Å². The highest BCUT2D eigenvalue weighted by atomic mass is 16.5. The van der Waals surface area contributed by atoms with Crippen LogP contribution in [0.15, 0.2) is 48.5 Å². The Kier molecular flexibility index (Phi) is 8.28. The topological polar surface area (TPSA) is 88.2 Å². The zero-order valence-corrected chi connectivity index (χ0v) is 20.4. The first kappa shape index (κ1) is 25.2. The third-order valence-electron chi connectivity index (χ3n) is 6.05. The van der Waals surface area contributed by atoms with E-state index < -0.39 is 0 Å². The number of hydrogen-bond donors (Lipinski definition) is 1. The number of rotatable bonds is 3. The zero-order valence-electron chi connectivity index (χ0n) is 20.4. The van der Waals surface area contributed by atoms with Crippen LogP contribution in [0.4, 0.5) is 5.69 Å². The van der Waals surface area contributed by atoms with Gasteiger partial charge in [-0.05, 0) is 37.3 Å². The van der Waals surface area contributed by atoms with Crippen molar-refractivity contribution in [3.63, 3.8) is 0 Å². The lowest BCUT2D eigenvalue weighted by Crippen LogP contribution is -2.48. The summed E-state index contributed by atoms with van der Waals surface area (Å²) in [5.41, 5.74) is 1.45. The number of methoxy groups -OCH3 is 1. The number of benzene rings is 2. The van der Waals surface area contributed by atoms with Crippen molar-refractivity contribution in [2.75, 3.05) is 39.2 Å². The number of likely N-dealkylation sites (N-methyl/N-ethyl adjacent to an activating group) is 1. The van der Waals surface area contributed by atoms with E-state index in [-0.39, 0.29) is 42.4 Å². The molecule has 0 aliphatic carbocycles. The van der Waals surface area contributed by atoms with Crippen LogP contribution >= 0.6 is 0 Å². The van der Waals surface area contributed by atoms with Gasteiger partial charge < -0.3 is 24.6 Å². The molecule has 34 heavy (non-hydrogen) atoms. The van der Waals surface area contributed by atoms with Crippen molar-refractivity contribution < 1.29 is 23.9 Å². The molecule has 0 bridgehead atoms. The number of amides is 3. The van der Waals surface area contributed by atoms with Gasteiger partial charge in [-0.1, -0.05) is 25.1 Å². The van der Waals surface area contributed by atoms with Crippen LogP contribution in [-0.4, -0.2) is 73.5 Å². The highest BCUT2D eigenvalue weighted by Gasteiger charge is 2.30. The Labute approximate surface area is 200 Å². The lowest BCUT2D eigenvalue weighted by molar-refractivity contribution is -0.114. The Balaban J connectivity index is 1.99. The minimum absolute atomic E-state index is 0.0417. The molecule has 1 aliphatic rings. The largest absolute Gasteiger partial charge is 0.491 e. The third kappa shape index (κ3) is 5.94. The normalized spacial score (nSPS) is 21.6. The van der Waals surface area contributed by atoms with Crippen molar-refractivity contribution in [1.29, 1.82) is 0 Å². The molecule has 0 saturated carbocycles. The number of anilines is 1. The Morgan fingerprint density at radius 2 is 1.79 bits per heavy atom. The molecule has 3 atom stereocenters. The van der Waals surface area contributed by atoms with Crippen molar-refractivity contribution in [1.82, 2.24) is 9.80 Å². The highest BCUT2D eigenvalue weighted by molar-refractivity contribution is 5.99. The van der Waals surface area contributed by atoms with E-state index in [4.69, 9.17) is 9.47 Å². The molecule has 1 aliphatic heterocycles. The van der Waals surface area contributed by atoms with Gasteiger partial charge in [0, 0.05) is 51.3 Å². The predicted molar refractivity (Wildman–Crippen MR) is 130 cm³/mol. The zero-order chi connectivity index (χ0) is 24.8. The number of carbonyl (C=O) groups is 3. The van der Waals surface area contributed by atoms with Gasteiger partial charge in [-0.3, -0.25) is 14.4 Å². The number of carbonyl (C=O) groups excluding carboxylic acids is 3. The molecule has 0 aromatic heterocycles. The first-order valence-electron chi connectivity index (χ1n) is 11.4. The summed E-state index contributed by atoms with van der Waals surface area (Å²) in [7, 11) is 3.32. The van der Waals surface area contributed by atoms with E-state index in [9.17, 15) is 14.4 Å². The summed E-state index contributed by atoms with van der Waals surface area (Å²) >= 11 is 0. The van der Waals surface area contributed by atoms with E-state index in [1.807, 2.05) is 32.0 Å². The van der Waals surface area contributed by atoms with Crippen LogP contribution < -0.4 is 10.1 Å². The summed E-state index contributed by atoms with van der Waals surface area (Å²) < 4.78 is 11.8. The van der Waals surface area contributed by atoms with Crippen LogP contribution in [0.5, 0.6) is 5.75 Å². The number of hydrogen-bond acceptors (Lipinski definition) is 5. The maximum atomic E-state index is 13.4. The van der Waals surface area contributed by atoms with Crippen LogP contribution in [0.1, 0.15) is 41.5 Å². The quantitative estimate of drug-likeness (QED) is 0.748. The molecule has 2 aromatic rings.